The molecular formula is C21H29N3O. The average Bonchev–Trinajstić information content (AvgIpc) is 3.29. The number of aliphatic imine (C=N–C) groups is 1. The Labute approximate surface area is 150 Å². The van der Waals surface area contributed by atoms with E-state index in [9.17, 15) is 0 Å². The molecule has 0 aromatic heterocycles. The lowest BCUT2D eigenvalue weighted by Gasteiger charge is -2.54. The van der Waals surface area contributed by atoms with Gasteiger partial charge in [0.25, 0.3) is 0 Å². The van der Waals surface area contributed by atoms with E-state index in [0.29, 0.717) is 24.0 Å². The van der Waals surface area contributed by atoms with Crippen LogP contribution in [-0.2, 0) is 17.6 Å². The number of rotatable bonds is 2. The van der Waals surface area contributed by atoms with Crippen molar-refractivity contribution in [1.82, 2.24) is 0 Å². The third-order valence-corrected chi connectivity index (χ3v) is 7.17. The molecular weight excluding hydrogens is 310 g/mol. The van der Waals surface area contributed by atoms with Crippen LogP contribution in [-0.4, -0.2) is 24.7 Å². The summed E-state index contributed by atoms with van der Waals surface area (Å²) in [5.41, 5.74) is 10.7. The third kappa shape index (κ3) is 2.41. The van der Waals surface area contributed by atoms with Gasteiger partial charge in [-0.2, -0.15) is 0 Å². The van der Waals surface area contributed by atoms with Gasteiger partial charge in [0.1, 0.15) is 0 Å². The van der Waals surface area contributed by atoms with Crippen molar-refractivity contribution in [3.63, 3.8) is 0 Å². The molecule has 2 saturated carbocycles. The highest BCUT2D eigenvalue weighted by Gasteiger charge is 2.65. The van der Waals surface area contributed by atoms with E-state index < -0.39 is 0 Å². The van der Waals surface area contributed by atoms with E-state index in [-0.39, 0.29) is 5.41 Å². The van der Waals surface area contributed by atoms with Crippen molar-refractivity contribution in [1.29, 1.82) is 0 Å². The van der Waals surface area contributed by atoms with Gasteiger partial charge in [0, 0.05) is 23.6 Å². The van der Waals surface area contributed by atoms with Gasteiger partial charge < -0.3 is 15.8 Å². The lowest BCUT2D eigenvalue weighted by molar-refractivity contribution is -0.117. The first-order valence-corrected chi connectivity index (χ1v) is 10.1. The van der Waals surface area contributed by atoms with Gasteiger partial charge in [-0.3, -0.25) is 0 Å². The van der Waals surface area contributed by atoms with E-state index in [2.05, 4.69) is 23.5 Å². The molecule has 4 nitrogen and oxygen atoms in total. The molecule has 1 aromatic carbocycles. The van der Waals surface area contributed by atoms with Crippen molar-refractivity contribution in [2.24, 2.45) is 22.1 Å². The average molecular weight is 339 g/mol. The summed E-state index contributed by atoms with van der Waals surface area (Å²) in [7, 11) is 0. The Balaban J connectivity index is 1.38. The minimum Gasteiger partial charge on any atom is -0.377 e. The predicted octanol–water partition coefficient (Wildman–Crippen LogP) is 3.64. The van der Waals surface area contributed by atoms with Gasteiger partial charge in [0.15, 0.2) is 5.96 Å². The molecule has 3 aliphatic carbocycles. The van der Waals surface area contributed by atoms with Gasteiger partial charge in [-0.15, -0.1) is 0 Å². The monoisotopic (exact) mass is 339 g/mol. The van der Waals surface area contributed by atoms with Gasteiger partial charge in [-0.1, -0.05) is 25.0 Å². The maximum atomic E-state index is 6.38. The first-order chi connectivity index (χ1) is 12.3. The van der Waals surface area contributed by atoms with Crippen LogP contribution in [0.4, 0.5) is 5.69 Å². The number of benzene rings is 1. The number of nitrogens with two attached hydrogens (primary N) is 1. The van der Waals surface area contributed by atoms with Crippen LogP contribution in [0, 0.1) is 11.3 Å². The van der Waals surface area contributed by atoms with E-state index in [4.69, 9.17) is 15.5 Å². The molecule has 1 heterocycles. The van der Waals surface area contributed by atoms with E-state index in [0.717, 1.165) is 25.1 Å². The number of ether oxygens (including phenoxy) is 1. The van der Waals surface area contributed by atoms with Crippen molar-refractivity contribution < 1.29 is 4.74 Å². The topological polar surface area (TPSA) is 59.6 Å². The summed E-state index contributed by atoms with van der Waals surface area (Å²) in [6, 6.07) is 6.91. The number of aryl methyl sites for hydroxylation is 1. The predicted molar refractivity (Wildman–Crippen MR) is 101 cm³/mol. The van der Waals surface area contributed by atoms with E-state index in [1.54, 1.807) is 0 Å². The van der Waals surface area contributed by atoms with Crippen LogP contribution in [0.2, 0.25) is 0 Å². The minimum absolute atomic E-state index is 0.281. The highest BCUT2D eigenvalue weighted by molar-refractivity contribution is 5.93. The third-order valence-electron chi connectivity index (χ3n) is 7.17. The number of anilines is 1. The Kier molecular flexibility index (Phi) is 3.77. The van der Waals surface area contributed by atoms with Crippen molar-refractivity contribution in [2.45, 2.75) is 69.9 Å². The Bertz CT molecular complexity index is 692. The van der Waals surface area contributed by atoms with E-state index >= 15 is 0 Å². The first kappa shape index (κ1) is 15.7. The molecule has 1 aromatic rings. The van der Waals surface area contributed by atoms with Crippen molar-refractivity contribution in [2.75, 3.05) is 11.9 Å². The molecule has 3 unspecified atom stereocenters. The molecule has 3 fully saturated rings. The molecule has 0 radical (unpaired) electrons. The fraction of sp³-hybridized carbons (Fsp3) is 0.667. The van der Waals surface area contributed by atoms with Crippen molar-refractivity contribution in [3.05, 3.63) is 29.3 Å². The Morgan fingerprint density at radius 2 is 2.00 bits per heavy atom. The van der Waals surface area contributed by atoms with E-state index in [1.165, 1.54) is 56.1 Å². The molecule has 0 bridgehead atoms. The Morgan fingerprint density at radius 1 is 1.16 bits per heavy atom. The summed E-state index contributed by atoms with van der Waals surface area (Å²) < 4.78 is 6.06. The smallest absolute Gasteiger partial charge is 0.193 e. The molecule has 134 valence electrons. The number of hydrogen-bond acceptors (Lipinski definition) is 2. The van der Waals surface area contributed by atoms with Crippen LogP contribution in [0.1, 0.15) is 56.1 Å². The summed E-state index contributed by atoms with van der Waals surface area (Å²) in [5.74, 6) is 1.18. The molecule has 1 saturated heterocycles. The zero-order chi connectivity index (χ0) is 16.9. The van der Waals surface area contributed by atoms with Gasteiger partial charge >= 0.3 is 0 Å². The number of guanidine groups is 1. The SMILES string of the molecule is NC(=NC1C2CCOC2C12CCCC2)Nc1cccc2c1CCCC2. The number of hydrogen-bond donors (Lipinski definition) is 2. The highest BCUT2D eigenvalue weighted by atomic mass is 16.5. The van der Waals surface area contributed by atoms with Crippen LogP contribution in [0.3, 0.4) is 0 Å². The van der Waals surface area contributed by atoms with Crippen LogP contribution < -0.4 is 11.1 Å². The van der Waals surface area contributed by atoms with Gasteiger partial charge in [-0.25, -0.2) is 4.99 Å². The number of nitrogens with one attached hydrogen (secondary N) is 1. The fourth-order valence-electron chi connectivity index (χ4n) is 6.05. The zero-order valence-electron chi connectivity index (χ0n) is 15.0. The van der Waals surface area contributed by atoms with Crippen LogP contribution in [0.25, 0.3) is 0 Å². The lowest BCUT2D eigenvalue weighted by atomic mass is 9.54. The lowest BCUT2D eigenvalue weighted by Crippen LogP contribution is -2.61. The summed E-state index contributed by atoms with van der Waals surface area (Å²) in [6.07, 6.45) is 11.7. The van der Waals surface area contributed by atoms with Gasteiger partial charge in [0.2, 0.25) is 0 Å². The molecule has 0 amide bonds. The quantitative estimate of drug-likeness (QED) is 0.639. The number of fused-ring (bicyclic) bond motifs is 3. The summed E-state index contributed by atoms with van der Waals surface area (Å²) in [5, 5.41) is 3.44. The maximum absolute atomic E-state index is 6.38. The Morgan fingerprint density at radius 3 is 2.88 bits per heavy atom. The maximum Gasteiger partial charge on any atom is 0.193 e. The molecule has 1 spiro atoms. The largest absolute Gasteiger partial charge is 0.377 e. The first-order valence-electron chi connectivity index (χ1n) is 10.1. The number of nitrogens with zero attached hydrogens (tertiary/aromatic N) is 1. The van der Waals surface area contributed by atoms with Gasteiger partial charge in [-0.05, 0) is 62.1 Å². The minimum atomic E-state index is 0.281. The molecule has 1 aliphatic heterocycles. The summed E-state index contributed by atoms with van der Waals surface area (Å²) in [6.45, 7) is 0.905. The zero-order valence-corrected chi connectivity index (χ0v) is 15.0. The van der Waals surface area contributed by atoms with Crippen LogP contribution in [0.15, 0.2) is 23.2 Å². The Hall–Kier alpha value is -1.55. The normalized spacial score (nSPS) is 33.0. The van der Waals surface area contributed by atoms with Crippen LogP contribution in [0.5, 0.6) is 0 Å². The summed E-state index contributed by atoms with van der Waals surface area (Å²) >= 11 is 0. The second-order valence-corrected chi connectivity index (χ2v) is 8.42. The van der Waals surface area contributed by atoms with Crippen molar-refractivity contribution >= 4 is 11.6 Å². The molecule has 3 atom stereocenters. The second kappa shape index (κ2) is 6.01. The second-order valence-electron chi connectivity index (χ2n) is 8.42. The van der Waals surface area contributed by atoms with Crippen molar-refractivity contribution in [3.8, 4) is 0 Å². The fourth-order valence-corrected chi connectivity index (χ4v) is 6.05. The standard InChI is InChI=1S/C21H29N3O/c22-20(23-17-9-5-7-14-6-1-2-8-15(14)17)24-18-16-10-13-25-19(16)21(18)11-3-4-12-21/h5,7,9,16,18-19H,1-4,6,8,10-13H2,(H3,22,23,24). The van der Waals surface area contributed by atoms with Gasteiger partial charge in [0.05, 0.1) is 12.1 Å². The molecule has 5 rings (SSSR count). The molecule has 4 aliphatic rings. The van der Waals surface area contributed by atoms with E-state index in [1.807, 2.05) is 0 Å². The molecule has 25 heavy (non-hydrogen) atoms. The summed E-state index contributed by atoms with van der Waals surface area (Å²) in [4.78, 5) is 5.01. The van der Waals surface area contributed by atoms with Crippen LogP contribution >= 0.6 is 0 Å². The highest BCUT2D eigenvalue weighted by Crippen LogP contribution is 2.62. The molecule has 3 N–H and O–H groups in total. The molecule has 4 heteroatoms.